The number of nitrogens with zero attached hydrogens (tertiary/aromatic N) is 1. The third-order valence-electron chi connectivity index (χ3n) is 4.19. The highest BCUT2D eigenvalue weighted by Gasteiger charge is 2.29. The van der Waals surface area contributed by atoms with Crippen molar-refractivity contribution in [2.75, 3.05) is 20.2 Å². The van der Waals surface area contributed by atoms with Crippen LogP contribution in [0.3, 0.4) is 0 Å². The summed E-state index contributed by atoms with van der Waals surface area (Å²) in [5.41, 5.74) is 0.902. The second-order valence-electron chi connectivity index (χ2n) is 6.35. The topological polar surface area (TPSA) is 58.6 Å². The molecule has 1 heterocycles. The van der Waals surface area contributed by atoms with Gasteiger partial charge in [-0.2, -0.15) is 0 Å². The number of ether oxygens (including phenoxy) is 1. The lowest BCUT2D eigenvalue weighted by Gasteiger charge is -2.26. The van der Waals surface area contributed by atoms with Gasteiger partial charge in [0.2, 0.25) is 11.8 Å². The van der Waals surface area contributed by atoms with E-state index < -0.39 is 6.04 Å². The number of methoxy groups -OCH3 is 1. The molecule has 0 radical (unpaired) electrons. The monoisotopic (exact) mass is 318 g/mol. The van der Waals surface area contributed by atoms with Crippen molar-refractivity contribution in [3.63, 3.8) is 0 Å². The summed E-state index contributed by atoms with van der Waals surface area (Å²) >= 11 is 0. The van der Waals surface area contributed by atoms with Gasteiger partial charge in [-0.3, -0.25) is 9.59 Å². The van der Waals surface area contributed by atoms with Gasteiger partial charge in [0.25, 0.3) is 0 Å². The predicted octanol–water partition coefficient (Wildman–Crippen LogP) is 2.00. The first-order chi connectivity index (χ1) is 11.0. The van der Waals surface area contributed by atoms with Gasteiger partial charge < -0.3 is 15.0 Å². The minimum atomic E-state index is -0.446. The van der Waals surface area contributed by atoms with Crippen molar-refractivity contribution in [3.8, 4) is 5.75 Å². The zero-order valence-corrected chi connectivity index (χ0v) is 14.2. The largest absolute Gasteiger partial charge is 0.497 e. The summed E-state index contributed by atoms with van der Waals surface area (Å²) in [6.45, 7) is 5.53. The first-order valence-electron chi connectivity index (χ1n) is 8.22. The molecule has 0 aliphatic carbocycles. The normalized spacial score (nSPS) is 15.6. The Morgan fingerprint density at radius 3 is 2.30 bits per heavy atom. The Labute approximate surface area is 138 Å². The molecule has 1 atom stereocenters. The first-order valence-corrected chi connectivity index (χ1v) is 8.22. The number of nitrogens with one attached hydrogen (secondary N) is 1. The maximum Gasteiger partial charge on any atom is 0.245 e. The number of carbonyl (C=O) groups is 2. The molecule has 0 bridgehead atoms. The van der Waals surface area contributed by atoms with Crippen LogP contribution >= 0.6 is 0 Å². The van der Waals surface area contributed by atoms with Crippen LogP contribution in [0.15, 0.2) is 24.3 Å². The number of carbonyl (C=O) groups excluding carboxylic acids is 2. The highest BCUT2D eigenvalue weighted by molar-refractivity contribution is 5.88. The minimum absolute atomic E-state index is 0.0422. The number of benzene rings is 1. The summed E-state index contributed by atoms with van der Waals surface area (Å²) in [5.74, 6) is 0.753. The van der Waals surface area contributed by atoms with Crippen LogP contribution in [0.5, 0.6) is 5.75 Å². The Bertz CT molecular complexity index is 534. The summed E-state index contributed by atoms with van der Waals surface area (Å²) in [7, 11) is 1.61. The van der Waals surface area contributed by atoms with E-state index in [1.165, 1.54) is 0 Å². The van der Waals surface area contributed by atoms with Crippen LogP contribution in [0, 0.1) is 5.92 Å². The molecular weight excluding hydrogens is 292 g/mol. The molecule has 23 heavy (non-hydrogen) atoms. The molecule has 1 fully saturated rings. The molecule has 2 amide bonds. The van der Waals surface area contributed by atoms with E-state index in [0.717, 1.165) is 37.2 Å². The van der Waals surface area contributed by atoms with Gasteiger partial charge in [0.1, 0.15) is 11.8 Å². The Hall–Kier alpha value is -2.04. The van der Waals surface area contributed by atoms with Crippen molar-refractivity contribution in [1.29, 1.82) is 0 Å². The van der Waals surface area contributed by atoms with E-state index in [0.29, 0.717) is 0 Å². The van der Waals surface area contributed by atoms with Gasteiger partial charge in [-0.1, -0.05) is 26.0 Å². The van der Waals surface area contributed by atoms with Crippen LogP contribution < -0.4 is 10.1 Å². The Balaban J connectivity index is 1.95. The van der Waals surface area contributed by atoms with Crippen molar-refractivity contribution < 1.29 is 14.3 Å². The van der Waals surface area contributed by atoms with Crippen molar-refractivity contribution in [2.45, 2.75) is 39.2 Å². The van der Waals surface area contributed by atoms with E-state index in [9.17, 15) is 9.59 Å². The summed E-state index contributed by atoms with van der Waals surface area (Å²) in [6.07, 6.45) is 2.37. The predicted molar refractivity (Wildman–Crippen MR) is 89.3 cm³/mol. The second kappa shape index (κ2) is 7.99. The Morgan fingerprint density at radius 2 is 1.78 bits per heavy atom. The molecule has 5 nitrogen and oxygen atoms in total. The molecule has 1 aliphatic rings. The molecule has 0 aromatic heterocycles. The maximum atomic E-state index is 12.6. The third kappa shape index (κ3) is 4.71. The van der Waals surface area contributed by atoms with E-state index in [1.807, 2.05) is 43.0 Å². The van der Waals surface area contributed by atoms with Crippen LogP contribution in [0.25, 0.3) is 0 Å². The van der Waals surface area contributed by atoms with Crippen LogP contribution in [0.4, 0.5) is 0 Å². The fraction of sp³-hybridized carbons (Fsp3) is 0.556. The van der Waals surface area contributed by atoms with E-state index in [4.69, 9.17) is 4.74 Å². The lowest BCUT2D eigenvalue weighted by molar-refractivity contribution is -0.136. The van der Waals surface area contributed by atoms with Gasteiger partial charge in [0.05, 0.1) is 13.5 Å². The number of rotatable bonds is 6. The molecule has 1 N–H and O–H groups in total. The van der Waals surface area contributed by atoms with Gasteiger partial charge in [-0.25, -0.2) is 0 Å². The molecule has 0 unspecified atom stereocenters. The standard InChI is InChI=1S/C18H26N2O3/c1-13(2)17(18(22)20-10-4-5-11-20)19-16(21)12-14-6-8-15(23-3)9-7-14/h6-9,13,17H,4-5,10-12H2,1-3H3,(H,19,21)/t17-/m1/s1. The zero-order chi connectivity index (χ0) is 16.8. The maximum absolute atomic E-state index is 12.6. The Kier molecular flexibility index (Phi) is 6.02. The Morgan fingerprint density at radius 1 is 1.17 bits per heavy atom. The zero-order valence-electron chi connectivity index (χ0n) is 14.2. The molecule has 0 saturated carbocycles. The van der Waals surface area contributed by atoms with Gasteiger partial charge in [0, 0.05) is 13.1 Å². The molecular formula is C18H26N2O3. The molecule has 126 valence electrons. The quantitative estimate of drug-likeness (QED) is 0.873. The third-order valence-corrected chi connectivity index (χ3v) is 4.19. The van der Waals surface area contributed by atoms with Gasteiger partial charge >= 0.3 is 0 Å². The van der Waals surface area contributed by atoms with E-state index in [1.54, 1.807) is 7.11 Å². The lowest BCUT2D eigenvalue weighted by Crippen LogP contribution is -2.50. The van der Waals surface area contributed by atoms with Gasteiger partial charge in [-0.15, -0.1) is 0 Å². The van der Waals surface area contributed by atoms with Crippen molar-refractivity contribution in [3.05, 3.63) is 29.8 Å². The van der Waals surface area contributed by atoms with E-state index in [-0.39, 0.29) is 24.2 Å². The average molecular weight is 318 g/mol. The number of hydrogen-bond acceptors (Lipinski definition) is 3. The number of likely N-dealkylation sites (tertiary alicyclic amines) is 1. The number of amides is 2. The lowest BCUT2D eigenvalue weighted by atomic mass is 10.0. The first kappa shape index (κ1) is 17.3. The highest BCUT2D eigenvalue weighted by Crippen LogP contribution is 2.14. The molecule has 0 spiro atoms. The molecule has 2 rings (SSSR count). The van der Waals surface area contributed by atoms with Crippen molar-refractivity contribution in [1.82, 2.24) is 10.2 Å². The van der Waals surface area contributed by atoms with Crippen LogP contribution in [0.1, 0.15) is 32.3 Å². The highest BCUT2D eigenvalue weighted by atomic mass is 16.5. The fourth-order valence-electron chi connectivity index (χ4n) is 2.80. The SMILES string of the molecule is COc1ccc(CC(=O)N[C@@H](C(=O)N2CCCC2)C(C)C)cc1. The molecule has 1 aromatic rings. The second-order valence-corrected chi connectivity index (χ2v) is 6.35. The molecule has 1 aromatic carbocycles. The van der Waals surface area contributed by atoms with Crippen LogP contribution in [0.2, 0.25) is 0 Å². The summed E-state index contributed by atoms with van der Waals surface area (Å²) in [6, 6.07) is 6.95. The summed E-state index contributed by atoms with van der Waals surface area (Å²) in [5, 5.41) is 2.91. The smallest absolute Gasteiger partial charge is 0.245 e. The van der Waals surface area contributed by atoms with Crippen LogP contribution in [-0.4, -0.2) is 43.0 Å². The molecule has 1 saturated heterocycles. The number of hydrogen-bond donors (Lipinski definition) is 1. The van der Waals surface area contributed by atoms with Crippen molar-refractivity contribution >= 4 is 11.8 Å². The van der Waals surface area contributed by atoms with Crippen molar-refractivity contribution in [2.24, 2.45) is 5.92 Å². The minimum Gasteiger partial charge on any atom is -0.497 e. The van der Waals surface area contributed by atoms with E-state index >= 15 is 0 Å². The van der Waals surface area contributed by atoms with Gasteiger partial charge in [0.15, 0.2) is 0 Å². The summed E-state index contributed by atoms with van der Waals surface area (Å²) < 4.78 is 5.11. The van der Waals surface area contributed by atoms with Gasteiger partial charge in [-0.05, 0) is 36.5 Å². The van der Waals surface area contributed by atoms with Crippen LogP contribution in [-0.2, 0) is 16.0 Å². The molecule has 1 aliphatic heterocycles. The average Bonchev–Trinajstić information content (AvgIpc) is 3.07. The fourth-order valence-corrected chi connectivity index (χ4v) is 2.80. The molecule has 5 heteroatoms. The van der Waals surface area contributed by atoms with E-state index in [2.05, 4.69) is 5.32 Å². The summed E-state index contributed by atoms with van der Waals surface area (Å²) in [4.78, 5) is 26.7.